The van der Waals surface area contributed by atoms with E-state index in [1.165, 1.54) is 4.68 Å². The number of para-hydroxylation sites is 1. The van der Waals surface area contributed by atoms with Crippen molar-refractivity contribution in [1.82, 2.24) is 19.7 Å². The zero-order valence-electron chi connectivity index (χ0n) is 18.1. The smallest absolute Gasteiger partial charge is 0.389 e. The van der Waals surface area contributed by atoms with Gasteiger partial charge in [0.2, 0.25) is 5.88 Å². The minimum absolute atomic E-state index is 0.0213. The van der Waals surface area contributed by atoms with Gasteiger partial charge in [-0.05, 0) is 36.2 Å². The highest BCUT2D eigenvalue weighted by Crippen LogP contribution is 2.35. The molecule has 0 atom stereocenters. The van der Waals surface area contributed by atoms with Gasteiger partial charge in [0.05, 0.1) is 24.9 Å². The van der Waals surface area contributed by atoms with Crippen molar-refractivity contribution in [3.8, 4) is 23.4 Å². The van der Waals surface area contributed by atoms with E-state index in [1.54, 1.807) is 37.4 Å². The third kappa shape index (κ3) is 5.72. The molecule has 2 heterocycles. The van der Waals surface area contributed by atoms with Crippen molar-refractivity contribution < 1.29 is 31.8 Å². The molecular formula is C23H20F4N4O3. The molecule has 11 heteroatoms. The summed E-state index contributed by atoms with van der Waals surface area (Å²) < 4.78 is 69.4. The number of fused-ring (bicyclic) bond motifs is 1. The van der Waals surface area contributed by atoms with E-state index in [0.717, 1.165) is 18.0 Å². The van der Waals surface area contributed by atoms with Gasteiger partial charge in [0.15, 0.2) is 11.6 Å². The van der Waals surface area contributed by atoms with Crippen LogP contribution in [0.25, 0.3) is 10.9 Å². The molecule has 0 bridgehead atoms. The van der Waals surface area contributed by atoms with E-state index < -0.39 is 18.4 Å². The second-order valence-corrected chi connectivity index (χ2v) is 7.32. The topological polar surface area (TPSA) is 71.3 Å². The van der Waals surface area contributed by atoms with Gasteiger partial charge in [-0.3, -0.25) is 4.68 Å². The Labute approximate surface area is 191 Å². The summed E-state index contributed by atoms with van der Waals surface area (Å²) in [5.41, 5.74) is 1.27. The van der Waals surface area contributed by atoms with Crippen molar-refractivity contribution in [2.75, 3.05) is 7.11 Å². The Morgan fingerprint density at radius 2 is 1.74 bits per heavy atom. The number of alkyl halides is 3. The molecule has 0 saturated heterocycles. The number of hydrogen-bond acceptors (Lipinski definition) is 6. The first-order valence-electron chi connectivity index (χ1n) is 10.3. The Hall–Kier alpha value is -3.89. The van der Waals surface area contributed by atoms with Crippen molar-refractivity contribution in [1.29, 1.82) is 0 Å². The lowest BCUT2D eigenvalue weighted by Crippen LogP contribution is -2.10. The van der Waals surface area contributed by atoms with Crippen molar-refractivity contribution in [3.05, 3.63) is 66.2 Å². The Kier molecular flexibility index (Phi) is 6.80. The summed E-state index contributed by atoms with van der Waals surface area (Å²) in [5, 5.41) is 4.94. The van der Waals surface area contributed by atoms with Gasteiger partial charge in [-0.25, -0.2) is 14.4 Å². The molecule has 0 amide bonds. The van der Waals surface area contributed by atoms with Gasteiger partial charge in [0.25, 0.3) is 0 Å². The van der Waals surface area contributed by atoms with Gasteiger partial charge in [-0.2, -0.15) is 13.2 Å². The maximum Gasteiger partial charge on any atom is 0.389 e. The van der Waals surface area contributed by atoms with Crippen LogP contribution in [0.5, 0.6) is 23.4 Å². The van der Waals surface area contributed by atoms with Gasteiger partial charge in [0, 0.05) is 13.0 Å². The molecule has 7 nitrogen and oxygen atoms in total. The molecule has 0 aliphatic rings. The van der Waals surface area contributed by atoms with E-state index >= 15 is 0 Å². The SMILES string of the molecule is COc1ccc(COc2nn(CCCC(F)(F)F)c3c(Oc4ncc(F)cn4)cccc23)cc1. The lowest BCUT2D eigenvalue weighted by Gasteiger charge is -2.09. The first-order valence-corrected chi connectivity index (χ1v) is 10.3. The number of nitrogens with zero attached hydrogens (tertiary/aromatic N) is 4. The van der Waals surface area contributed by atoms with Crippen LogP contribution in [0.3, 0.4) is 0 Å². The molecule has 34 heavy (non-hydrogen) atoms. The third-order valence-electron chi connectivity index (χ3n) is 4.86. The minimum atomic E-state index is -4.28. The van der Waals surface area contributed by atoms with Crippen molar-refractivity contribution in [3.63, 3.8) is 0 Å². The van der Waals surface area contributed by atoms with Crippen molar-refractivity contribution >= 4 is 10.9 Å². The largest absolute Gasteiger partial charge is 0.497 e. The Balaban J connectivity index is 1.63. The Morgan fingerprint density at radius 1 is 1.00 bits per heavy atom. The number of aryl methyl sites for hydroxylation is 1. The van der Waals surface area contributed by atoms with Gasteiger partial charge in [-0.15, -0.1) is 5.10 Å². The summed E-state index contributed by atoms with van der Waals surface area (Å²) in [7, 11) is 1.57. The second kappa shape index (κ2) is 9.94. The zero-order chi connectivity index (χ0) is 24.1. The van der Waals surface area contributed by atoms with E-state index in [1.807, 2.05) is 12.1 Å². The fourth-order valence-electron chi connectivity index (χ4n) is 3.28. The molecule has 4 rings (SSSR count). The maximum atomic E-state index is 13.1. The number of halogens is 4. The normalized spacial score (nSPS) is 11.6. The molecule has 0 unspecified atom stereocenters. The molecule has 0 N–H and O–H groups in total. The van der Waals surface area contributed by atoms with Crippen molar-refractivity contribution in [2.45, 2.75) is 32.2 Å². The van der Waals surface area contributed by atoms with Crippen LogP contribution in [0.2, 0.25) is 0 Å². The highest BCUT2D eigenvalue weighted by molar-refractivity contribution is 5.89. The van der Waals surface area contributed by atoms with E-state index in [2.05, 4.69) is 15.1 Å². The molecule has 0 radical (unpaired) electrons. The standard InChI is InChI=1S/C23H20F4N4O3/c1-32-17-8-6-15(7-9-17)14-33-21-18-4-2-5-19(34-22-28-12-16(24)13-29-22)20(18)31(30-21)11-3-10-23(25,26)27/h2,4-9,12-13H,3,10-11,14H2,1H3. The molecular weight excluding hydrogens is 456 g/mol. The number of hydrogen-bond donors (Lipinski definition) is 0. The zero-order valence-corrected chi connectivity index (χ0v) is 18.1. The molecule has 2 aromatic heterocycles. The predicted molar refractivity (Wildman–Crippen MR) is 114 cm³/mol. The summed E-state index contributed by atoms with van der Waals surface area (Å²) in [5.74, 6) is 0.566. The summed E-state index contributed by atoms with van der Waals surface area (Å²) in [4.78, 5) is 7.55. The quantitative estimate of drug-likeness (QED) is 0.289. The first-order chi connectivity index (χ1) is 16.3. The van der Waals surface area contributed by atoms with E-state index in [0.29, 0.717) is 16.7 Å². The number of aromatic nitrogens is 4. The lowest BCUT2D eigenvalue weighted by molar-refractivity contribution is -0.135. The molecule has 0 fully saturated rings. The Bertz CT molecular complexity index is 1240. The highest BCUT2D eigenvalue weighted by atomic mass is 19.4. The Morgan fingerprint density at radius 3 is 2.41 bits per heavy atom. The fraction of sp³-hybridized carbons (Fsp3) is 0.261. The van der Waals surface area contributed by atoms with Crippen LogP contribution in [0.4, 0.5) is 17.6 Å². The number of ether oxygens (including phenoxy) is 3. The average molecular weight is 476 g/mol. The molecule has 0 aliphatic carbocycles. The number of rotatable bonds is 9. The van der Waals surface area contributed by atoms with Gasteiger partial charge in [0.1, 0.15) is 17.9 Å². The minimum Gasteiger partial charge on any atom is -0.497 e. The summed E-state index contributed by atoms with van der Waals surface area (Å²) in [6.07, 6.45) is -3.52. The van der Waals surface area contributed by atoms with Crippen LogP contribution in [0.1, 0.15) is 18.4 Å². The molecule has 4 aromatic rings. The summed E-state index contributed by atoms with van der Waals surface area (Å²) in [6.45, 7) is 0.164. The number of methoxy groups -OCH3 is 1. The van der Waals surface area contributed by atoms with Gasteiger partial charge in [-0.1, -0.05) is 18.2 Å². The highest BCUT2D eigenvalue weighted by Gasteiger charge is 2.27. The number of benzene rings is 2. The second-order valence-electron chi connectivity index (χ2n) is 7.32. The van der Waals surface area contributed by atoms with E-state index in [4.69, 9.17) is 14.2 Å². The van der Waals surface area contributed by atoms with Crippen LogP contribution >= 0.6 is 0 Å². The predicted octanol–water partition coefficient (Wildman–Crippen LogP) is 5.69. The van der Waals surface area contributed by atoms with Crippen molar-refractivity contribution in [2.24, 2.45) is 0 Å². The molecule has 0 spiro atoms. The average Bonchev–Trinajstić information content (AvgIpc) is 3.17. The lowest BCUT2D eigenvalue weighted by atomic mass is 10.2. The summed E-state index contributed by atoms with van der Waals surface area (Å²) in [6, 6.07) is 12.2. The first kappa shape index (κ1) is 23.3. The van der Waals surface area contributed by atoms with Crippen LogP contribution in [0, 0.1) is 5.82 Å². The maximum absolute atomic E-state index is 13.1. The third-order valence-corrected chi connectivity index (χ3v) is 4.86. The van der Waals surface area contributed by atoms with E-state index in [-0.39, 0.29) is 37.2 Å². The summed E-state index contributed by atoms with van der Waals surface area (Å²) >= 11 is 0. The van der Waals surface area contributed by atoms with Crippen LogP contribution in [-0.4, -0.2) is 33.0 Å². The molecule has 2 aromatic carbocycles. The molecule has 178 valence electrons. The van der Waals surface area contributed by atoms with Gasteiger partial charge >= 0.3 is 12.2 Å². The monoisotopic (exact) mass is 476 g/mol. The molecule has 0 saturated carbocycles. The molecule has 0 aliphatic heterocycles. The van der Waals surface area contributed by atoms with Crippen LogP contribution in [0.15, 0.2) is 54.9 Å². The van der Waals surface area contributed by atoms with Crippen LogP contribution in [-0.2, 0) is 13.2 Å². The van der Waals surface area contributed by atoms with Gasteiger partial charge < -0.3 is 14.2 Å². The fourth-order valence-corrected chi connectivity index (χ4v) is 3.28. The van der Waals surface area contributed by atoms with E-state index in [9.17, 15) is 17.6 Å². The van der Waals surface area contributed by atoms with Crippen LogP contribution < -0.4 is 14.2 Å².